The van der Waals surface area contributed by atoms with Crippen molar-refractivity contribution >= 4 is 5.91 Å². The highest BCUT2D eigenvalue weighted by Crippen LogP contribution is 2.26. The van der Waals surface area contributed by atoms with Gasteiger partial charge in [0.1, 0.15) is 0 Å². The van der Waals surface area contributed by atoms with Crippen molar-refractivity contribution in [2.75, 3.05) is 39.8 Å². The van der Waals surface area contributed by atoms with Crippen LogP contribution in [0.5, 0.6) is 0 Å². The van der Waals surface area contributed by atoms with Crippen molar-refractivity contribution in [2.24, 2.45) is 0 Å². The molecule has 2 fully saturated rings. The third-order valence-electron chi connectivity index (χ3n) is 3.22. The number of nitrogens with zero attached hydrogens (tertiary/aromatic N) is 2. The number of rotatable bonds is 1. The Bertz CT molecular complexity index is 277. The molecule has 0 bridgehead atoms. The maximum atomic E-state index is 12.9. The number of carbonyl (C=O) groups excluding carboxylic acids is 1. The van der Waals surface area contributed by atoms with Crippen LogP contribution in [0.1, 0.15) is 6.42 Å². The molecule has 2 heterocycles. The molecule has 0 unspecified atom stereocenters. The molecule has 2 rings (SSSR count). The van der Waals surface area contributed by atoms with Crippen molar-refractivity contribution in [1.29, 1.82) is 0 Å². The summed E-state index contributed by atoms with van der Waals surface area (Å²) in [5, 5.41) is 2.60. The summed E-state index contributed by atoms with van der Waals surface area (Å²) in [6.07, 6.45) is -0.363. The topological polar surface area (TPSA) is 35.6 Å². The van der Waals surface area contributed by atoms with Crippen molar-refractivity contribution in [2.45, 2.75) is 18.4 Å². The molecule has 1 amide bonds. The van der Waals surface area contributed by atoms with Crippen LogP contribution >= 0.6 is 0 Å². The molecule has 2 aliphatic heterocycles. The standard InChI is InChI=1S/C10H17F2N3O/c1-14-2-4-15(5-3-14)9(16)8-6-10(11,12)7-13-8/h8,13H,2-7H2,1H3/t8-/m0/s1. The number of halogens is 2. The molecule has 0 saturated carbocycles. The molecule has 0 radical (unpaired) electrons. The Labute approximate surface area is 93.6 Å². The molecule has 2 aliphatic rings. The van der Waals surface area contributed by atoms with Gasteiger partial charge >= 0.3 is 0 Å². The summed E-state index contributed by atoms with van der Waals surface area (Å²) < 4.78 is 25.9. The molecule has 0 aromatic rings. The van der Waals surface area contributed by atoms with Gasteiger partial charge in [-0.25, -0.2) is 8.78 Å². The molecular formula is C10H17F2N3O. The highest BCUT2D eigenvalue weighted by atomic mass is 19.3. The van der Waals surface area contributed by atoms with Gasteiger partial charge in [0.2, 0.25) is 5.91 Å². The van der Waals surface area contributed by atoms with E-state index in [4.69, 9.17) is 0 Å². The Morgan fingerprint density at radius 1 is 1.31 bits per heavy atom. The van der Waals surface area contributed by atoms with Gasteiger partial charge in [0.05, 0.1) is 12.6 Å². The van der Waals surface area contributed by atoms with E-state index in [0.717, 1.165) is 13.1 Å². The second-order valence-electron chi connectivity index (χ2n) is 4.62. The normalized spacial score (nSPS) is 30.7. The SMILES string of the molecule is CN1CCN(C(=O)[C@@H]2CC(F)(F)CN2)CC1. The van der Waals surface area contributed by atoms with Crippen LogP contribution in [0, 0.1) is 0 Å². The van der Waals surface area contributed by atoms with Crippen molar-refractivity contribution in [3.63, 3.8) is 0 Å². The number of nitrogens with one attached hydrogen (secondary N) is 1. The van der Waals surface area contributed by atoms with E-state index in [0.29, 0.717) is 13.1 Å². The molecule has 1 N–H and O–H groups in total. The molecule has 0 spiro atoms. The van der Waals surface area contributed by atoms with Gasteiger partial charge in [0, 0.05) is 32.6 Å². The fraction of sp³-hybridized carbons (Fsp3) is 0.900. The number of carbonyl (C=O) groups is 1. The number of likely N-dealkylation sites (N-methyl/N-ethyl adjacent to an activating group) is 1. The lowest BCUT2D eigenvalue weighted by Gasteiger charge is -2.33. The minimum absolute atomic E-state index is 0.176. The van der Waals surface area contributed by atoms with E-state index in [2.05, 4.69) is 10.2 Å². The lowest BCUT2D eigenvalue weighted by Crippen LogP contribution is -2.52. The Morgan fingerprint density at radius 3 is 2.44 bits per heavy atom. The number of hydrogen-bond donors (Lipinski definition) is 1. The van der Waals surface area contributed by atoms with E-state index in [9.17, 15) is 13.6 Å². The number of amides is 1. The monoisotopic (exact) mass is 233 g/mol. The first-order valence-electron chi connectivity index (χ1n) is 5.56. The quantitative estimate of drug-likeness (QED) is 0.679. The van der Waals surface area contributed by atoms with Crippen LogP contribution in [-0.2, 0) is 4.79 Å². The van der Waals surface area contributed by atoms with E-state index in [1.807, 2.05) is 7.05 Å². The Kier molecular flexibility index (Phi) is 3.12. The third-order valence-corrected chi connectivity index (χ3v) is 3.22. The maximum Gasteiger partial charge on any atom is 0.262 e. The maximum absolute atomic E-state index is 12.9. The summed E-state index contributed by atoms with van der Waals surface area (Å²) >= 11 is 0. The first-order valence-corrected chi connectivity index (χ1v) is 5.56. The zero-order chi connectivity index (χ0) is 11.8. The average molecular weight is 233 g/mol. The highest BCUT2D eigenvalue weighted by Gasteiger charge is 2.43. The molecule has 92 valence electrons. The smallest absolute Gasteiger partial charge is 0.262 e. The fourth-order valence-corrected chi connectivity index (χ4v) is 2.14. The van der Waals surface area contributed by atoms with Gasteiger partial charge in [-0.2, -0.15) is 0 Å². The van der Waals surface area contributed by atoms with Crippen molar-refractivity contribution < 1.29 is 13.6 Å². The third kappa shape index (κ3) is 2.49. The average Bonchev–Trinajstić information content (AvgIpc) is 2.59. The first kappa shape index (κ1) is 11.7. The summed E-state index contributed by atoms with van der Waals surface area (Å²) in [6, 6.07) is -0.696. The lowest BCUT2D eigenvalue weighted by molar-refractivity contribution is -0.135. The Hall–Kier alpha value is -0.750. The van der Waals surface area contributed by atoms with Crippen molar-refractivity contribution in [3.8, 4) is 0 Å². The molecule has 0 aromatic heterocycles. The van der Waals surface area contributed by atoms with E-state index < -0.39 is 12.0 Å². The van der Waals surface area contributed by atoms with Gasteiger partial charge in [0.15, 0.2) is 0 Å². The molecule has 6 heteroatoms. The van der Waals surface area contributed by atoms with Gasteiger partial charge in [-0.05, 0) is 7.05 Å². The molecule has 16 heavy (non-hydrogen) atoms. The molecule has 0 aromatic carbocycles. The zero-order valence-electron chi connectivity index (χ0n) is 9.38. The van der Waals surface area contributed by atoms with E-state index in [1.54, 1.807) is 4.90 Å². The summed E-state index contributed by atoms with van der Waals surface area (Å²) in [6.45, 7) is 2.53. The lowest BCUT2D eigenvalue weighted by atomic mass is 10.1. The van der Waals surface area contributed by atoms with Crippen LogP contribution in [0.2, 0.25) is 0 Å². The summed E-state index contributed by atoms with van der Waals surface area (Å²) in [5.41, 5.74) is 0. The van der Waals surface area contributed by atoms with E-state index in [-0.39, 0.29) is 18.9 Å². The van der Waals surface area contributed by atoms with Gasteiger partial charge in [0.25, 0.3) is 5.92 Å². The minimum atomic E-state index is -2.73. The Balaban J connectivity index is 1.89. The van der Waals surface area contributed by atoms with Crippen molar-refractivity contribution in [3.05, 3.63) is 0 Å². The van der Waals surface area contributed by atoms with Crippen LogP contribution in [0.4, 0.5) is 8.78 Å². The van der Waals surface area contributed by atoms with Gasteiger partial charge in [-0.3, -0.25) is 10.1 Å². The minimum Gasteiger partial charge on any atom is -0.339 e. The van der Waals surface area contributed by atoms with Gasteiger partial charge in [-0.15, -0.1) is 0 Å². The van der Waals surface area contributed by atoms with Crippen LogP contribution < -0.4 is 5.32 Å². The fourth-order valence-electron chi connectivity index (χ4n) is 2.14. The zero-order valence-corrected chi connectivity index (χ0v) is 9.38. The Morgan fingerprint density at radius 2 is 1.94 bits per heavy atom. The van der Waals surface area contributed by atoms with Gasteiger partial charge in [-0.1, -0.05) is 0 Å². The molecule has 1 atom stereocenters. The largest absolute Gasteiger partial charge is 0.339 e. The van der Waals surface area contributed by atoms with Crippen LogP contribution in [-0.4, -0.2) is 67.4 Å². The molecule has 4 nitrogen and oxygen atoms in total. The first-order chi connectivity index (χ1) is 7.48. The number of hydrogen-bond acceptors (Lipinski definition) is 3. The predicted octanol–water partition coefficient (Wildman–Crippen LogP) is -0.242. The molecular weight excluding hydrogens is 216 g/mol. The number of piperazine rings is 1. The highest BCUT2D eigenvalue weighted by molar-refractivity contribution is 5.82. The van der Waals surface area contributed by atoms with Crippen LogP contribution in [0.25, 0.3) is 0 Å². The predicted molar refractivity (Wildman–Crippen MR) is 55.4 cm³/mol. The molecule has 2 saturated heterocycles. The molecule has 0 aliphatic carbocycles. The summed E-state index contributed by atoms with van der Waals surface area (Å²) in [7, 11) is 1.99. The summed E-state index contributed by atoms with van der Waals surface area (Å²) in [4.78, 5) is 15.7. The summed E-state index contributed by atoms with van der Waals surface area (Å²) in [5.74, 6) is -2.90. The second-order valence-corrected chi connectivity index (χ2v) is 4.62. The van der Waals surface area contributed by atoms with Crippen molar-refractivity contribution in [1.82, 2.24) is 15.1 Å². The van der Waals surface area contributed by atoms with Crippen LogP contribution in [0.15, 0.2) is 0 Å². The van der Waals surface area contributed by atoms with E-state index in [1.165, 1.54) is 0 Å². The van der Waals surface area contributed by atoms with Crippen LogP contribution in [0.3, 0.4) is 0 Å². The number of alkyl halides is 2. The van der Waals surface area contributed by atoms with E-state index >= 15 is 0 Å². The second kappa shape index (κ2) is 4.25. The van der Waals surface area contributed by atoms with Gasteiger partial charge < -0.3 is 9.80 Å².